The molecule has 26 heavy (non-hydrogen) atoms. The first-order chi connectivity index (χ1) is 12.2. The van der Waals surface area contributed by atoms with E-state index >= 15 is 0 Å². The third-order valence-electron chi connectivity index (χ3n) is 5.06. The van der Waals surface area contributed by atoms with E-state index in [1.54, 1.807) is 12.1 Å². The quantitative estimate of drug-likeness (QED) is 0.758. The van der Waals surface area contributed by atoms with Crippen LogP contribution in [0.25, 0.3) is 0 Å². The van der Waals surface area contributed by atoms with Crippen LogP contribution in [0.4, 0.5) is 0 Å². The second-order valence-electron chi connectivity index (χ2n) is 6.93. The van der Waals surface area contributed by atoms with Gasteiger partial charge in [-0.3, -0.25) is 4.79 Å². The van der Waals surface area contributed by atoms with Crippen molar-refractivity contribution >= 4 is 25.8 Å². The van der Waals surface area contributed by atoms with E-state index < -0.39 is 19.9 Å². The zero-order chi connectivity index (χ0) is 18.9. The summed E-state index contributed by atoms with van der Waals surface area (Å²) in [5.41, 5.74) is 0.273. The number of sulfonamides is 1. The molecule has 1 unspecified atom stereocenters. The first kappa shape index (κ1) is 19.3. The van der Waals surface area contributed by atoms with Gasteiger partial charge in [0.2, 0.25) is 10.0 Å². The van der Waals surface area contributed by atoms with Crippen molar-refractivity contribution in [3.63, 3.8) is 0 Å². The van der Waals surface area contributed by atoms with Gasteiger partial charge in [-0.1, -0.05) is 12.5 Å². The van der Waals surface area contributed by atoms with Gasteiger partial charge in [-0.15, -0.1) is 0 Å². The van der Waals surface area contributed by atoms with Gasteiger partial charge in [0.25, 0.3) is 5.91 Å². The van der Waals surface area contributed by atoms with Crippen LogP contribution in [-0.2, 0) is 19.9 Å². The number of amides is 1. The Kier molecular flexibility index (Phi) is 5.41. The van der Waals surface area contributed by atoms with Gasteiger partial charge in [-0.25, -0.2) is 16.8 Å². The zero-order valence-corrected chi connectivity index (χ0v) is 16.4. The van der Waals surface area contributed by atoms with Gasteiger partial charge in [0.05, 0.1) is 16.4 Å². The lowest BCUT2D eigenvalue weighted by molar-refractivity contribution is 0.0770. The van der Waals surface area contributed by atoms with Crippen LogP contribution in [0.15, 0.2) is 29.2 Å². The normalized spacial score (nSPS) is 24.3. The first-order valence-electron chi connectivity index (χ1n) is 8.82. The number of nitrogens with zero attached hydrogens (tertiary/aromatic N) is 2. The van der Waals surface area contributed by atoms with Crippen molar-refractivity contribution in [2.45, 2.75) is 37.1 Å². The van der Waals surface area contributed by atoms with E-state index in [1.807, 2.05) is 6.92 Å². The number of carbonyl (C=O) groups excluding carboxylic acids is 1. The minimum atomic E-state index is -3.65. The predicted octanol–water partition coefficient (Wildman–Crippen LogP) is 1.12. The molecular weight excluding hydrogens is 376 g/mol. The van der Waals surface area contributed by atoms with Crippen LogP contribution < -0.4 is 0 Å². The number of hydrogen-bond acceptors (Lipinski definition) is 5. The van der Waals surface area contributed by atoms with Crippen molar-refractivity contribution in [2.75, 3.05) is 31.1 Å². The molecule has 1 aromatic rings. The molecule has 0 spiro atoms. The molecule has 1 atom stereocenters. The van der Waals surface area contributed by atoms with Crippen LogP contribution in [0.1, 0.15) is 36.5 Å². The molecule has 0 radical (unpaired) electrons. The van der Waals surface area contributed by atoms with Gasteiger partial charge in [-0.2, -0.15) is 4.31 Å². The van der Waals surface area contributed by atoms with Crippen molar-refractivity contribution in [1.82, 2.24) is 9.21 Å². The average molecular weight is 401 g/mol. The summed E-state index contributed by atoms with van der Waals surface area (Å²) in [5.74, 6) is -0.437. The molecule has 0 N–H and O–H groups in total. The SMILES string of the molecule is CC1CCCCN1S(=O)(=O)c1cccc(C(=O)N2CCS(=O)(=O)CC2)c1. The number of rotatable bonds is 3. The van der Waals surface area contributed by atoms with Crippen LogP contribution in [0.3, 0.4) is 0 Å². The zero-order valence-electron chi connectivity index (χ0n) is 14.8. The highest BCUT2D eigenvalue weighted by atomic mass is 32.2. The van der Waals surface area contributed by atoms with E-state index in [-0.39, 0.29) is 47.0 Å². The van der Waals surface area contributed by atoms with Crippen LogP contribution in [-0.4, -0.2) is 69.1 Å². The largest absolute Gasteiger partial charge is 0.337 e. The molecule has 144 valence electrons. The van der Waals surface area contributed by atoms with E-state index in [1.165, 1.54) is 21.3 Å². The Morgan fingerprint density at radius 1 is 1.12 bits per heavy atom. The monoisotopic (exact) mass is 400 g/mol. The Morgan fingerprint density at radius 3 is 2.46 bits per heavy atom. The lowest BCUT2D eigenvalue weighted by atomic mass is 10.1. The van der Waals surface area contributed by atoms with Gasteiger partial charge >= 0.3 is 0 Å². The highest BCUT2D eigenvalue weighted by Crippen LogP contribution is 2.26. The molecule has 0 saturated carbocycles. The minimum absolute atomic E-state index is 0.0535. The summed E-state index contributed by atoms with van der Waals surface area (Å²) in [6, 6.07) is 6.00. The number of benzene rings is 1. The van der Waals surface area contributed by atoms with Crippen molar-refractivity contribution in [3.05, 3.63) is 29.8 Å². The Labute approximate surface area is 155 Å². The maximum absolute atomic E-state index is 13.0. The second-order valence-corrected chi connectivity index (χ2v) is 11.1. The topological polar surface area (TPSA) is 91.8 Å². The summed E-state index contributed by atoms with van der Waals surface area (Å²) < 4.78 is 50.5. The molecule has 2 fully saturated rings. The molecular formula is C17H24N2O5S2. The Balaban J connectivity index is 1.83. The molecule has 2 aliphatic rings. The molecule has 1 amide bonds. The van der Waals surface area contributed by atoms with E-state index in [2.05, 4.69) is 0 Å². The predicted molar refractivity (Wildman–Crippen MR) is 98.2 cm³/mol. The number of piperidine rings is 1. The molecule has 2 saturated heterocycles. The summed E-state index contributed by atoms with van der Waals surface area (Å²) in [6.45, 7) is 2.67. The van der Waals surface area contributed by atoms with Crippen LogP contribution in [0.5, 0.6) is 0 Å². The molecule has 1 aromatic carbocycles. The molecule has 0 bridgehead atoms. The molecule has 0 aromatic heterocycles. The highest BCUT2D eigenvalue weighted by molar-refractivity contribution is 7.91. The van der Waals surface area contributed by atoms with Crippen LogP contribution in [0, 0.1) is 0 Å². The fourth-order valence-corrected chi connectivity index (χ4v) is 6.40. The highest BCUT2D eigenvalue weighted by Gasteiger charge is 2.32. The first-order valence-corrected chi connectivity index (χ1v) is 12.1. The summed E-state index contributed by atoms with van der Waals surface area (Å²) in [6.07, 6.45) is 2.69. The number of carbonyl (C=O) groups is 1. The van der Waals surface area contributed by atoms with Gasteiger partial charge in [0, 0.05) is 31.2 Å². The summed E-state index contributed by atoms with van der Waals surface area (Å²) in [7, 11) is -6.73. The second kappa shape index (κ2) is 7.28. The Hall–Kier alpha value is -1.45. The lowest BCUT2D eigenvalue weighted by Gasteiger charge is -2.32. The van der Waals surface area contributed by atoms with E-state index in [0.29, 0.717) is 6.54 Å². The van der Waals surface area contributed by atoms with Crippen molar-refractivity contribution in [3.8, 4) is 0 Å². The third kappa shape index (κ3) is 3.94. The summed E-state index contributed by atoms with van der Waals surface area (Å²) >= 11 is 0. The summed E-state index contributed by atoms with van der Waals surface area (Å²) in [4.78, 5) is 14.2. The molecule has 9 heteroatoms. The Morgan fingerprint density at radius 2 is 1.81 bits per heavy atom. The smallest absolute Gasteiger partial charge is 0.253 e. The summed E-state index contributed by atoms with van der Waals surface area (Å²) in [5, 5.41) is 0. The molecule has 7 nitrogen and oxygen atoms in total. The Bertz CT molecular complexity index is 881. The van der Waals surface area contributed by atoms with E-state index in [0.717, 1.165) is 19.3 Å². The van der Waals surface area contributed by atoms with Crippen LogP contribution >= 0.6 is 0 Å². The average Bonchev–Trinajstić information content (AvgIpc) is 2.61. The standard InChI is InChI=1S/C17H24N2O5S2/c1-14-5-2-3-8-19(14)26(23,24)16-7-4-6-15(13-16)17(20)18-9-11-25(21,22)12-10-18/h4,6-7,13-14H,2-3,5,8-12H2,1H3. The number of hydrogen-bond donors (Lipinski definition) is 0. The molecule has 2 heterocycles. The molecule has 0 aliphatic carbocycles. The van der Waals surface area contributed by atoms with Gasteiger partial charge in [0.1, 0.15) is 0 Å². The van der Waals surface area contributed by atoms with Gasteiger partial charge in [0.15, 0.2) is 9.84 Å². The van der Waals surface area contributed by atoms with Gasteiger partial charge < -0.3 is 4.90 Å². The van der Waals surface area contributed by atoms with Crippen molar-refractivity contribution < 1.29 is 21.6 Å². The van der Waals surface area contributed by atoms with E-state index in [9.17, 15) is 21.6 Å². The fourth-order valence-electron chi connectivity index (χ4n) is 3.45. The maximum Gasteiger partial charge on any atom is 0.253 e. The molecule has 3 rings (SSSR count). The van der Waals surface area contributed by atoms with Crippen molar-refractivity contribution in [2.24, 2.45) is 0 Å². The number of sulfone groups is 1. The van der Waals surface area contributed by atoms with Gasteiger partial charge in [-0.05, 0) is 38.0 Å². The van der Waals surface area contributed by atoms with Crippen LogP contribution in [0.2, 0.25) is 0 Å². The third-order valence-corrected chi connectivity index (χ3v) is 8.68. The maximum atomic E-state index is 13.0. The fraction of sp³-hybridized carbons (Fsp3) is 0.588. The molecule has 2 aliphatic heterocycles. The van der Waals surface area contributed by atoms with E-state index in [4.69, 9.17) is 0 Å². The lowest BCUT2D eigenvalue weighted by Crippen LogP contribution is -2.44. The minimum Gasteiger partial charge on any atom is -0.337 e. The van der Waals surface area contributed by atoms with Crippen molar-refractivity contribution in [1.29, 1.82) is 0 Å².